The Morgan fingerprint density at radius 3 is 2.13 bits per heavy atom. The van der Waals surface area contributed by atoms with Crippen LogP contribution in [0, 0.1) is 0 Å². The van der Waals surface area contributed by atoms with Gasteiger partial charge >= 0.3 is 0 Å². The van der Waals surface area contributed by atoms with Crippen molar-refractivity contribution in [2.75, 3.05) is 26.4 Å². The van der Waals surface area contributed by atoms with Crippen LogP contribution in [0.5, 0.6) is 0 Å². The van der Waals surface area contributed by atoms with E-state index in [1.165, 1.54) is 0 Å². The molecule has 0 amide bonds. The fourth-order valence-corrected chi connectivity index (χ4v) is 1.96. The number of rotatable bonds is 7. The van der Waals surface area contributed by atoms with Crippen LogP contribution in [-0.4, -0.2) is 39.9 Å². The Morgan fingerprint density at radius 2 is 1.67 bits per heavy atom. The molecule has 0 aliphatic heterocycles. The van der Waals surface area contributed by atoms with Gasteiger partial charge < -0.3 is 14.3 Å². The predicted octanol–water partition coefficient (Wildman–Crippen LogP) is 2.41. The second-order valence-electron chi connectivity index (χ2n) is 5.30. The van der Waals surface area contributed by atoms with Crippen molar-refractivity contribution in [3.63, 3.8) is 0 Å². The van der Waals surface area contributed by atoms with E-state index in [1.807, 2.05) is 0 Å². The van der Waals surface area contributed by atoms with Crippen LogP contribution in [0.3, 0.4) is 0 Å². The van der Waals surface area contributed by atoms with Gasteiger partial charge in [0.25, 0.3) is 0 Å². The maximum Gasteiger partial charge on any atom is 0.191 e. The topological polar surface area (TPSA) is 38.7 Å². The molecule has 15 heavy (non-hydrogen) atoms. The third-order valence-corrected chi connectivity index (χ3v) is 7.48. The van der Waals surface area contributed by atoms with Gasteiger partial charge in [0.05, 0.1) is 13.2 Å². The van der Waals surface area contributed by atoms with Gasteiger partial charge in [-0.05, 0) is 24.6 Å². The van der Waals surface area contributed by atoms with Gasteiger partial charge in [-0.15, -0.1) is 0 Å². The lowest BCUT2D eigenvalue weighted by Gasteiger charge is -2.36. The third-order valence-electron chi connectivity index (χ3n) is 2.94. The summed E-state index contributed by atoms with van der Waals surface area (Å²) in [6.45, 7) is 13.2. The average Bonchev–Trinajstić information content (AvgIpc) is 2.09. The van der Waals surface area contributed by atoms with Gasteiger partial charge in [0.1, 0.15) is 0 Å². The summed E-state index contributed by atoms with van der Waals surface area (Å²) < 4.78 is 11.1. The van der Waals surface area contributed by atoms with Crippen LogP contribution in [0.2, 0.25) is 18.1 Å². The lowest BCUT2D eigenvalue weighted by Crippen LogP contribution is -2.41. The Labute approximate surface area is 94.9 Å². The quantitative estimate of drug-likeness (QED) is 0.543. The van der Waals surface area contributed by atoms with Crippen molar-refractivity contribution in [1.82, 2.24) is 0 Å². The fourth-order valence-electron chi connectivity index (χ4n) is 0.871. The highest BCUT2D eigenvalue weighted by Crippen LogP contribution is 2.36. The lowest BCUT2D eigenvalue weighted by atomic mass is 10.2. The van der Waals surface area contributed by atoms with Crippen LogP contribution in [0.15, 0.2) is 0 Å². The number of ether oxygens (including phenoxy) is 1. The Bertz CT molecular complexity index is 164. The summed E-state index contributed by atoms with van der Waals surface area (Å²) >= 11 is 0. The van der Waals surface area contributed by atoms with Crippen LogP contribution >= 0.6 is 0 Å². The molecule has 1 N–H and O–H groups in total. The van der Waals surface area contributed by atoms with E-state index in [4.69, 9.17) is 14.3 Å². The van der Waals surface area contributed by atoms with E-state index in [2.05, 4.69) is 33.9 Å². The summed E-state index contributed by atoms with van der Waals surface area (Å²) in [5.74, 6) is 0. The van der Waals surface area contributed by atoms with Gasteiger partial charge in [0.2, 0.25) is 0 Å². The van der Waals surface area contributed by atoms with Crippen LogP contribution < -0.4 is 0 Å². The second-order valence-corrected chi connectivity index (χ2v) is 10.1. The van der Waals surface area contributed by atoms with E-state index < -0.39 is 8.32 Å². The van der Waals surface area contributed by atoms with E-state index in [9.17, 15) is 0 Å². The Balaban J connectivity index is 3.58. The van der Waals surface area contributed by atoms with Gasteiger partial charge in [0.15, 0.2) is 8.32 Å². The van der Waals surface area contributed by atoms with Crippen LogP contribution in [0.25, 0.3) is 0 Å². The average molecular weight is 234 g/mol. The van der Waals surface area contributed by atoms with Gasteiger partial charge in [-0.3, -0.25) is 0 Å². The molecule has 0 aromatic heterocycles. The largest absolute Gasteiger partial charge is 0.417 e. The molecule has 0 saturated carbocycles. The zero-order chi connectivity index (χ0) is 11.9. The monoisotopic (exact) mass is 234 g/mol. The molecule has 92 valence electrons. The van der Waals surface area contributed by atoms with Crippen LogP contribution in [0.1, 0.15) is 27.2 Å². The van der Waals surface area contributed by atoms with Crippen LogP contribution in [-0.2, 0) is 9.16 Å². The fraction of sp³-hybridized carbons (Fsp3) is 1.00. The molecule has 0 saturated heterocycles. The Kier molecular flexibility index (Phi) is 6.67. The van der Waals surface area contributed by atoms with Crippen LogP contribution in [0.4, 0.5) is 0 Å². The van der Waals surface area contributed by atoms with Gasteiger partial charge in [-0.2, -0.15) is 0 Å². The molecular weight excluding hydrogens is 208 g/mol. The highest BCUT2D eigenvalue weighted by molar-refractivity contribution is 6.74. The lowest BCUT2D eigenvalue weighted by molar-refractivity contribution is 0.0824. The van der Waals surface area contributed by atoms with Gasteiger partial charge in [-0.1, -0.05) is 20.8 Å². The Morgan fingerprint density at radius 1 is 1.07 bits per heavy atom. The standard InChI is InChI=1S/C11H26O3Si/c1-11(2,3)15(4,5)14-9-6-8-13-10-7-12/h12H,6-10H2,1-5H3. The minimum Gasteiger partial charge on any atom is -0.417 e. The first-order chi connectivity index (χ1) is 6.81. The molecule has 0 aromatic rings. The number of hydrogen-bond donors (Lipinski definition) is 1. The van der Waals surface area contributed by atoms with Crippen molar-refractivity contribution < 1.29 is 14.3 Å². The highest BCUT2D eigenvalue weighted by Gasteiger charge is 2.36. The summed E-state index contributed by atoms with van der Waals surface area (Å²) in [6.07, 6.45) is 0.909. The molecule has 0 unspecified atom stereocenters. The molecule has 0 heterocycles. The molecule has 0 radical (unpaired) electrons. The molecule has 0 rings (SSSR count). The molecule has 3 nitrogen and oxygen atoms in total. The molecular formula is C11H26O3Si. The molecule has 0 aromatic carbocycles. The molecule has 0 aliphatic carbocycles. The summed E-state index contributed by atoms with van der Waals surface area (Å²) in [6, 6.07) is 0. The number of hydrogen-bond acceptors (Lipinski definition) is 3. The van der Waals surface area contributed by atoms with Crippen molar-refractivity contribution >= 4 is 8.32 Å². The zero-order valence-electron chi connectivity index (χ0n) is 10.8. The van der Waals surface area contributed by atoms with Gasteiger partial charge in [-0.25, -0.2) is 0 Å². The third kappa shape index (κ3) is 6.30. The second kappa shape index (κ2) is 6.63. The summed E-state index contributed by atoms with van der Waals surface area (Å²) in [5, 5.41) is 8.79. The first-order valence-electron chi connectivity index (χ1n) is 5.64. The molecule has 0 fully saturated rings. The minimum absolute atomic E-state index is 0.100. The maximum absolute atomic E-state index is 8.51. The summed E-state index contributed by atoms with van der Waals surface area (Å²) in [4.78, 5) is 0. The van der Waals surface area contributed by atoms with E-state index in [0.29, 0.717) is 13.2 Å². The van der Waals surface area contributed by atoms with E-state index in [0.717, 1.165) is 13.0 Å². The first kappa shape index (κ1) is 15.1. The van der Waals surface area contributed by atoms with E-state index in [-0.39, 0.29) is 11.6 Å². The summed E-state index contributed by atoms with van der Waals surface area (Å²) in [7, 11) is -1.58. The van der Waals surface area contributed by atoms with E-state index in [1.54, 1.807) is 0 Å². The SMILES string of the molecule is CC(C)(C)[Si](C)(C)OCCCOCCO. The molecule has 0 spiro atoms. The molecule has 4 heteroatoms. The molecule has 0 bridgehead atoms. The van der Waals surface area contributed by atoms with Crippen molar-refractivity contribution in [2.45, 2.75) is 45.3 Å². The predicted molar refractivity (Wildman–Crippen MR) is 65.7 cm³/mol. The molecule has 0 atom stereocenters. The number of aliphatic hydroxyl groups is 1. The van der Waals surface area contributed by atoms with Crippen molar-refractivity contribution in [3.8, 4) is 0 Å². The number of aliphatic hydroxyl groups excluding tert-OH is 1. The zero-order valence-corrected chi connectivity index (χ0v) is 11.8. The normalized spacial score (nSPS) is 13.2. The smallest absolute Gasteiger partial charge is 0.191 e. The van der Waals surface area contributed by atoms with Crippen molar-refractivity contribution in [3.05, 3.63) is 0 Å². The first-order valence-corrected chi connectivity index (χ1v) is 8.54. The van der Waals surface area contributed by atoms with Crippen molar-refractivity contribution in [2.24, 2.45) is 0 Å². The minimum atomic E-state index is -1.58. The maximum atomic E-state index is 8.51. The van der Waals surface area contributed by atoms with Gasteiger partial charge in [0, 0.05) is 13.2 Å². The highest BCUT2D eigenvalue weighted by atomic mass is 28.4. The van der Waals surface area contributed by atoms with Crippen molar-refractivity contribution in [1.29, 1.82) is 0 Å². The molecule has 0 aliphatic rings. The Hall–Kier alpha value is 0.0969. The van der Waals surface area contributed by atoms with E-state index >= 15 is 0 Å². The summed E-state index contributed by atoms with van der Waals surface area (Å²) in [5.41, 5.74) is 0.